The molecule has 1 fully saturated rings. The summed E-state index contributed by atoms with van der Waals surface area (Å²) >= 11 is 0. The second-order valence-corrected chi connectivity index (χ2v) is 4.96. The third kappa shape index (κ3) is 1.83. The number of anilines is 1. The van der Waals surface area contributed by atoms with Crippen molar-refractivity contribution in [2.24, 2.45) is 11.5 Å². The van der Waals surface area contributed by atoms with E-state index in [9.17, 15) is 0 Å². The molecule has 1 aliphatic heterocycles. The summed E-state index contributed by atoms with van der Waals surface area (Å²) in [4.78, 5) is 11.0. The summed E-state index contributed by atoms with van der Waals surface area (Å²) in [7, 11) is 0. The fourth-order valence-electron chi connectivity index (χ4n) is 2.43. The zero-order valence-electron chi connectivity index (χ0n) is 10.3. The first-order chi connectivity index (χ1) is 8.72. The maximum Gasteiger partial charge on any atom is 0.180 e. The van der Waals surface area contributed by atoms with E-state index in [-0.39, 0.29) is 5.54 Å². The van der Waals surface area contributed by atoms with Crippen molar-refractivity contribution in [1.82, 2.24) is 14.4 Å². The van der Waals surface area contributed by atoms with Gasteiger partial charge in [-0.2, -0.15) is 0 Å². The smallest absolute Gasteiger partial charge is 0.180 e. The molecule has 6 nitrogen and oxygen atoms in total. The summed E-state index contributed by atoms with van der Waals surface area (Å²) in [6.45, 7) is 2.31. The van der Waals surface area contributed by atoms with Crippen molar-refractivity contribution < 1.29 is 0 Å². The Bertz CT molecular complexity index is 540. The third-order valence-electron chi connectivity index (χ3n) is 3.76. The molecule has 0 saturated carbocycles. The van der Waals surface area contributed by atoms with Crippen LogP contribution in [0.1, 0.15) is 12.8 Å². The van der Waals surface area contributed by atoms with E-state index in [1.54, 1.807) is 12.4 Å². The van der Waals surface area contributed by atoms with Crippen LogP contribution in [0.3, 0.4) is 0 Å². The number of aromatic nitrogens is 3. The predicted molar refractivity (Wildman–Crippen MR) is 70.4 cm³/mol. The van der Waals surface area contributed by atoms with Crippen molar-refractivity contribution in [3.63, 3.8) is 0 Å². The SMILES string of the molecule is NCC1(N)CCN(c2nccn3ccnc23)CC1. The number of nitrogens with zero attached hydrogens (tertiary/aromatic N) is 4. The molecule has 1 saturated heterocycles. The van der Waals surface area contributed by atoms with Gasteiger partial charge in [-0.05, 0) is 12.8 Å². The zero-order valence-corrected chi connectivity index (χ0v) is 10.3. The van der Waals surface area contributed by atoms with E-state index in [2.05, 4.69) is 14.9 Å². The van der Waals surface area contributed by atoms with Crippen LogP contribution >= 0.6 is 0 Å². The van der Waals surface area contributed by atoms with Crippen LogP contribution in [0.4, 0.5) is 5.82 Å². The predicted octanol–water partition coefficient (Wildman–Crippen LogP) is -0.0143. The van der Waals surface area contributed by atoms with E-state index >= 15 is 0 Å². The Labute approximate surface area is 106 Å². The number of hydrogen-bond acceptors (Lipinski definition) is 5. The molecule has 0 amide bonds. The molecule has 1 aliphatic rings. The molecule has 0 spiro atoms. The van der Waals surface area contributed by atoms with Gasteiger partial charge >= 0.3 is 0 Å². The van der Waals surface area contributed by atoms with Crippen LogP contribution in [0, 0.1) is 0 Å². The maximum atomic E-state index is 6.20. The highest BCUT2D eigenvalue weighted by Crippen LogP contribution is 2.24. The minimum absolute atomic E-state index is 0.211. The van der Waals surface area contributed by atoms with E-state index in [1.807, 2.05) is 16.8 Å². The van der Waals surface area contributed by atoms with Crippen LogP contribution in [0.25, 0.3) is 5.65 Å². The number of hydrogen-bond donors (Lipinski definition) is 2. The lowest BCUT2D eigenvalue weighted by Gasteiger charge is -2.38. The molecule has 18 heavy (non-hydrogen) atoms. The molecule has 0 aliphatic carbocycles. The van der Waals surface area contributed by atoms with Crippen LogP contribution in [0.2, 0.25) is 0 Å². The van der Waals surface area contributed by atoms with Crippen LogP contribution < -0.4 is 16.4 Å². The molecule has 3 heterocycles. The quantitative estimate of drug-likeness (QED) is 0.778. The fourth-order valence-corrected chi connectivity index (χ4v) is 2.43. The van der Waals surface area contributed by atoms with Crippen molar-refractivity contribution in [2.45, 2.75) is 18.4 Å². The molecular formula is C12H18N6. The van der Waals surface area contributed by atoms with Gasteiger partial charge in [-0.1, -0.05) is 0 Å². The Hall–Kier alpha value is -1.66. The van der Waals surface area contributed by atoms with Crippen LogP contribution in [-0.2, 0) is 0 Å². The summed E-state index contributed by atoms with van der Waals surface area (Å²) in [5, 5.41) is 0. The maximum absolute atomic E-state index is 6.20. The van der Waals surface area contributed by atoms with Crippen LogP contribution in [0.15, 0.2) is 24.8 Å². The van der Waals surface area contributed by atoms with Gasteiger partial charge in [0.05, 0.1) is 0 Å². The molecule has 2 aromatic rings. The second-order valence-electron chi connectivity index (χ2n) is 4.96. The number of piperidine rings is 1. The summed E-state index contributed by atoms with van der Waals surface area (Å²) < 4.78 is 1.98. The first-order valence-corrected chi connectivity index (χ1v) is 6.23. The first-order valence-electron chi connectivity index (χ1n) is 6.23. The van der Waals surface area contributed by atoms with Crippen molar-refractivity contribution in [3.05, 3.63) is 24.8 Å². The highest BCUT2D eigenvalue weighted by Gasteiger charge is 2.30. The van der Waals surface area contributed by atoms with Gasteiger partial charge in [0.15, 0.2) is 11.5 Å². The van der Waals surface area contributed by atoms with Gasteiger partial charge in [0, 0.05) is 50.0 Å². The normalized spacial score (nSPS) is 19.3. The fraction of sp³-hybridized carbons (Fsp3) is 0.500. The topological polar surface area (TPSA) is 85.5 Å². The van der Waals surface area contributed by atoms with Gasteiger partial charge in [-0.3, -0.25) is 0 Å². The number of nitrogens with two attached hydrogens (primary N) is 2. The highest BCUT2D eigenvalue weighted by molar-refractivity contribution is 5.64. The molecule has 0 atom stereocenters. The van der Waals surface area contributed by atoms with E-state index in [0.717, 1.165) is 37.4 Å². The van der Waals surface area contributed by atoms with Crippen LogP contribution in [-0.4, -0.2) is 39.5 Å². The highest BCUT2D eigenvalue weighted by atomic mass is 15.2. The average molecular weight is 246 g/mol. The van der Waals surface area contributed by atoms with Gasteiger partial charge in [0.1, 0.15) is 0 Å². The van der Waals surface area contributed by atoms with Gasteiger partial charge in [0.25, 0.3) is 0 Å². The summed E-state index contributed by atoms with van der Waals surface area (Å²) in [5.41, 5.74) is 12.6. The lowest BCUT2D eigenvalue weighted by molar-refractivity contribution is 0.341. The second kappa shape index (κ2) is 4.22. The largest absolute Gasteiger partial charge is 0.353 e. The van der Waals surface area contributed by atoms with Crippen molar-refractivity contribution in [1.29, 1.82) is 0 Å². The standard InChI is InChI=1S/C12H18N6/c13-9-12(14)1-5-17(6-2-12)10-11-16-4-8-18(11)7-3-15-10/h3-4,7-8H,1-2,5-6,9,13-14H2. The summed E-state index contributed by atoms with van der Waals surface area (Å²) in [5.74, 6) is 0.932. The number of fused-ring (bicyclic) bond motifs is 1. The Kier molecular flexibility index (Phi) is 2.68. The van der Waals surface area contributed by atoms with E-state index < -0.39 is 0 Å². The molecule has 0 unspecified atom stereocenters. The molecular weight excluding hydrogens is 228 g/mol. The van der Waals surface area contributed by atoms with E-state index in [0.29, 0.717) is 6.54 Å². The van der Waals surface area contributed by atoms with Crippen molar-refractivity contribution in [3.8, 4) is 0 Å². The average Bonchev–Trinajstić information content (AvgIpc) is 2.88. The molecule has 4 N–H and O–H groups in total. The lowest BCUT2D eigenvalue weighted by atomic mass is 9.89. The lowest BCUT2D eigenvalue weighted by Crippen LogP contribution is -2.55. The van der Waals surface area contributed by atoms with Crippen molar-refractivity contribution >= 4 is 11.5 Å². The molecule has 96 valence electrons. The van der Waals surface area contributed by atoms with Gasteiger partial charge in [0.2, 0.25) is 0 Å². The molecule has 6 heteroatoms. The third-order valence-corrected chi connectivity index (χ3v) is 3.76. The molecule has 2 aromatic heterocycles. The Morgan fingerprint density at radius 2 is 1.83 bits per heavy atom. The Morgan fingerprint density at radius 3 is 2.50 bits per heavy atom. The Morgan fingerprint density at radius 1 is 1.17 bits per heavy atom. The molecule has 3 rings (SSSR count). The monoisotopic (exact) mass is 246 g/mol. The van der Waals surface area contributed by atoms with Crippen molar-refractivity contribution in [2.75, 3.05) is 24.5 Å². The first kappa shape index (κ1) is 11.4. The summed E-state index contributed by atoms with van der Waals surface area (Å²) in [6.07, 6.45) is 9.22. The minimum Gasteiger partial charge on any atom is -0.353 e. The van der Waals surface area contributed by atoms with Gasteiger partial charge in [-0.15, -0.1) is 0 Å². The summed E-state index contributed by atoms with van der Waals surface area (Å²) in [6, 6.07) is 0. The van der Waals surface area contributed by atoms with Gasteiger partial charge in [-0.25, -0.2) is 9.97 Å². The molecule has 0 bridgehead atoms. The Balaban J connectivity index is 1.86. The van der Waals surface area contributed by atoms with Gasteiger partial charge < -0.3 is 20.8 Å². The van der Waals surface area contributed by atoms with Crippen LogP contribution in [0.5, 0.6) is 0 Å². The van der Waals surface area contributed by atoms with E-state index in [4.69, 9.17) is 11.5 Å². The zero-order chi connectivity index (χ0) is 12.6. The number of rotatable bonds is 2. The minimum atomic E-state index is -0.211. The number of imidazole rings is 1. The molecule has 0 aromatic carbocycles. The van der Waals surface area contributed by atoms with E-state index in [1.165, 1.54) is 0 Å². The molecule has 0 radical (unpaired) electrons.